The van der Waals surface area contributed by atoms with Crippen molar-refractivity contribution in [3.8, 4) is 0 Å². The largest absolute Gasteiger partial charge is 0.352 e. The number of hydrogen-bond donors (Lipinski definition) is 1. The van der Waals surface area contributed by atoms with E-state index < -0.39 is 0 Å². The van der Waals surface area contributed by atoms with Gasteiger partial charge in [-0.1, -0.05) is 42.8 Å². The van der Waals surface area contributed by atoms with Crippen LogP contribution in [0.3, 0.4) is 0 Å². The van der Waals surface area contributed by atoms with Crippen LogP contribution in [0.25, 0.3) is 0 Å². The Labute approximate surface area is 159 Å². The second kappa shape index (κ2) is 7.73. The Hall–Kier alpha value is -1.62. The maximum Gasteiger partial charge on any atom is 0.225 e. The van der Waals surface area contributed by atoms with Gasteiger partial charge in [-0.25, -0.2) is 4.98 Å². The lowest BCUT2D eigenvalue weighted by Gasteiger charge is -2.30. The van der Waals surface area contributed by atoms with Gasteiger partial charge in [0.15, 0.2) is 0 Å². The molecule has 0 fully saturated rings. The van der Waals surface area contributed by atoms with Crippen molar-refractivity contribution >= 4 is 27.7 Å². The van der Waals surface area contributed by atoms with E-state index in [4.69, 9.17) is 9.97 Å². The predicted octanol–water partition coefficient (Wildman–Crippen LogP) is 5.14. The van der Waals surface area contributed by atoms with Gasteiger partial charge < -0.3 is 10.2 Å². The first-order valence-electron chi connectivity index (χ1n) is 9.14. The number of halogens is 1. The fraction of sp³-hybridized carbons (Fsp3) is 0.500. The van der Waals surface area contributed by atoms with Crippen molar-refractivity contribution in [2.45, 2.75) is 59.0 Å². The van der Waals surface area contributed by atoms with E-state index in [2.05, 4.69) is 78.1 Å². The van der Waals surface area contributed by atoms with Gasteiger partial charge in [-0.3, -0.25) is 0 Å². The van der Waals surface area contributed by atoms with E-state index in [1.54, 1.807) is 0 Å². The molecule has 0 radical (unpaired) electrons. The molecule has 3 rings (SSSR count). The van der Waals surface area contributed by atoms with Crippen LogP contribution in [0.5, 0.6) is 0 Å². The third kappa shape index (κ3) is 4.32. The van der Waals surface area contributed by atoms with E-state index in [0.717, 1.165) is 47.9 Å². The number of rotatable bonds is 5. The first kappa shape index (κ1) is 18.2. The van der Waals surface area contributed by atoms with Crippen LogP contribution < -0.4 is 10.2 Å². The van der Waals surface area contributed by atoms with E-state index in [9.17, 15) is 0 Å². The Morgan fingerprint density at radius 2 is 1.96 bits per heavy atom. The van der Waals surface area contributed by atoms with Crippen LogP contribution in [0.15, 0.2) is 28.7 Å². The monoisotopic (exact) mass is 402 g/mol. The van der Waals surface area contributed by atoms with Crippen LogP contribution in [0.2, 0.25) is 0 Å². The smallest absolute Gasteiger partial charge is 0.225 e. The number of benzene rings is 1. The van der Waals surface area contributed by atoms with Gasteiger partial charge in [0.05, 0.1) is 5.69 Å². The first-order chi connectivity index (χ1) is 12.0. The van der Waals surface area contributed by atoms with Crippen LogP contribution in [0.1, 0.15) is 56.9 Å². The summed E-state index contributed by atoms with van der Waals surface area (Å²) < 4.78 is 1.16. The molecule has 2 heterocycles. The summed E-state index contributed by atoms with van der Waals surface area (Å²) in [4.78, 5) is 11.9. The normalized spacial score (nSPS) is 15.2. The van der Waals surface area contributed by atoms with Crippen LogP contribution in [0.4, 0.5) is 11.8 Å². The van der Waals surface area contributed by atoms with Crippen molar-refractivity contribution in [1.29, 1.82) is 0 Å². The van der Waals surface area contributed by atoms with Crippen LogP contribution in [-0.2, 0) is 13.0 Å². The zero-order chi connectivity index (χ0) is 18.0. The molecule has 0 amide bonds. The second-order valence-corrected chi connectivity index (χ2v) is 8.08. The highest BCUT2D eigenvalue weighted by atomic mass is 79.9. The van der Waals surface area contributed by atoms with Gasteiger partial charge in [-0.15, -0.1) is 0 Å². The highest BCUT2D eigenvalue weighted by Gasteiger charge is 2.20. The SMILES string of the molecule is CC[C@@H](C)Nc1nc(C(C)C)cc(N2CCc3cc(Br)ccc3C2)n1. The number of fused-ring (bicyclic) bond motifs is 1. The number of aromatic nitrogens is 2. The zero-order valence-electron chi connectivity index (χ0n) is 15.5. The maximum absolute atomic E-state index is 4.81. The van der Waals surface area contributed by atoms with Crippen molar-refractivity contribution in [2.75, 3.05) is 16.8 Å². The molecule has 0 saturated heterocycles. The maximum atomic E-state index is 4.81. The molecule has 2 aromatic rings. The number of hydrogen-bond acceptors (Lipinski definition) is 4. The molecule has 0 bridgehead atoms. The standard InChI is InChI=1S/C20H27BrN4/c1-5-14(4)22-20-23-18(13(2)3)11-19(24-20)25-9-8-15-10-17(21)7-6-16(15)12-25/h6-7,10-11,13-14H,5,8-9,12H2,1-4H3,(H,22,23,24)/t14-/m1/s1. The van der Waals surface area contributed by atoms with Crippen LogP contribution >= 0.6 is 15.9 Å². The topological polar surface area (TPSA) is 41.1 Å². The molecule has 1 aromatic carbocycles. The molecule has 0 unspecified atom stereocenters. The fourth-order valence-corrected chi connectivity index (χ4v) is 3.42. The molecule has 1 aliphatic rings. The van der Waals surface area contributed by atoms with Gasteiger partial charge in [0.2, 0.25) is 5.95 Å². The summed E-state index contributed by atoms with van der Waals surface area (Å²) in [5.41, 5.74) is 3.91. The van der Waals surface area contributed by atoms with E-state index in [1.165, 1.54) is 11.1 Å². The summed E-state index contributed by atoms with van der Waals surface area (Å²) in [6.45, 7) is 10.6. The van der Waals surface area contributed by atoms with Crippen LogP contribution in [0, 0.1) is 0 Å². The molecule has 0 saturated carbocycles. The zero-order valence-corrected chi connectivity index (χ0v) is 17.1. The lowest BCUT2D eigenvalue weighted by Crippen LogP contribution is -2.31. The molecule has 25 heavy (non-hydrogen) atoms. The third-order valence-corrected chi connectivity index (χ3v) is 5.31. The van der Waals surface area contributed by atoms with Gasteiger partial charge in [-0.05, 0) is 48.9 Å². The van der Waals surface area contributed by atoms with Crippen molar-refractivity contribution in [3.63, 3.8) is 0 Å². The van der Waals surface area contributed by atoms with Crippen molar-refractivity contribution in [2.24, 2.45) is 0 Å². The number of anilines is 2. The Morgan fingerprint density at radius 3 is 2.68 bits per heavy atom. The van der Waals surface area contributed by atoms with E-state index in [0.29, 0.717) is 12.0 Å². The Kier molecular flexibility index (Phi) is 5.62. The summed E-state index contributed by atoms with van der Waals surface area (Å²) in [6, 6.07) is 9.10. The third-order valence-electron chi connectivity index (χ3n) is 4.82. The minimum Gasteiger partial charge on any atom is -0.352 e. The van der Waals surface area contributed by atoms with Gasteiger partial charge in [-0.2, -0.15) is 4.98 Å². The number of nitrogens with zero attached hydrogens (tertiary/aromatic N) is 3. The molecule has 1 N–H and O–H groups in total. The van der Waals surface area contributed by atoms with E-state index in [-0.39, 0.29) is 0 Å². The van der Waals surface area contributed by atoms with Crippen molar-refractivity contribution in [3.05, 3.63) is 45.6 Å². The van der Waals surface area contributed by atoms with Gasteiger partial charge in [0.1, 0.15) is 5.82 Å². The average Bonchev–Trinajstić information content (AvgIpc) is 2.60. The minimum atomic E-state index is 0.370. The minimum absolute atomic E-state index is 0.370. The molecular weight excluding hydrogens is 376 g/mol. The number of nitrogens with one attached hydrogen (secondary N) is 1. The Balaban J connectivity index is 1.89. The average molecular weight is 403 g/mol. The molecule has 0 spiro atoms. The van der Waals surface area contributed by atoms with E-state index >= 15 is 0 Å². The lowest BCUT2D eigenvalue weighted by atomic mass is 10.00. The Bertz CT molecular complexity index is 744. The highest BCUT2D eigenvalue weighted by Crippen LogP contribution is 2.28. The molecule has 1 aliphatic heterocycles. The van der Waals surface area contributed by atoms with Gasteiger partial charge in [0, 0.05) is 29.7 Å². The van der Waals surface area contributed by atoms with Crippen molar-refractivity contribution < 1.29 is 0 Å². The summed E-state index contributed by atoms with van der Waals surface area (Å²) in [7, 11) is 0. The summed E-state index contributed by atoms with van der Waals surface area (Å²) in [6.07, 6.45) is 2.10. The summed E-state index contributed by atoms with van der Waals surface area (Å²) >= 11 is 3.57. The summed E-state index contributed by atoms with van der Waals surface area (Å²) in [5.74, 6) is 2.16. The molecule has 1 aromatic heterocycles. The lowest BCUT2D eigenvalue weighted by molar-refractivity contribution is 0.706. The highest BCUT2D eigenvalue weighted by molar-refractivity contribution is 9.10. The first-order valence-corrected chi connectivity index (χ1v) is 9.93. The van der Waals surface area contributed by atoms with Crippen LogP contribution in [-0.4, -0.2) is 22.6 Å². The van der Waals surface area contributed by atoms with Gasteiger partial charge >= 0.3 is 0 Å². The second-order valence-electron chi connectivity index (χ2n) is 7.17. The van der Waals surface area contributed by atoms with E-state index in [1.807, 2.05) is 0 Å². The fourth-order valence-electron chi connectivity index (χ4n) is 3.01. The molecule has 5 heteroatoms. The molecular formula is C20H27BrN4. The predicted molar refractivity (Wildman–Crippen MR) is 108 cm³/mol. The molecule has 134 valence electrons. The quantitative estimate of drug-likeness (QED) is 0.751. The van der Waals surface area contributed by atoms with Crippen molar-refractivity contribution in [1.82, 2.24) is 9.97 Å². The summed E-state index contributed by atoms with van der Waals surface area (Å²) in [5, 5.41) is 3.44. The molecule has 1 atom stereocenters. The van der Waals surface area contributed by atoms with Gasteiger partial charge in [0.25, 0.3) is 0 Å². The molecule has 4 nitrogen and oxygen atoms in total. The molecule has 0 aliphatic carbocycles. The Morgan fingerprint density at radius 1 is 1.16 bits per heavy atom.